The van der Waals surface area contributed by atoms with Crippen molar-refractivity contribution in [2.75, 3.05) is 13.6 Å². The van der Waals surface area contributed by atoms with Crippen molar-refractivity contribution in [2.45, 2.75) is 78.3 Å². The summed E-state index contributed by atoms with van der Waals surface area (Å²) >= 11 is 0. The van der Waals surface area contributed by atoms with Crippen LogP contribution >= 0.6 is 0 Å². The molecule has 5 nitrogen and oxygen atoms in total. The first-order chi connectivity index (χ1) is 15.7. The van der Waals surface area contributed by atoms with Gasteiger partial charge in [-0.1, -0.05) is 59.7 Å². The molecule has 33 heavy (non-hydrogen) atoms. The molecule has 0 aliphatic rings. The molecule has 176 valence electrons. The van der Waals surface area contributed by atoms with Crippen molar-refractivity contribution in [1.82, 2.24) is 24.4 Å². The van der Waals surface area contributed by atoms with E-state index in [4.69, 9.17) is 9.97 Å². The first-order valence-electron chi connectivity index (χ1n) is 12.3. The Kier molecular flexibility index (Phi) is 6.37. The Balaban J connectivity index is 1.73. The van der Waals surface area contributed by atoms with Crippen LogP contribution in [-0.2, 0) is 30.3 Å². The van der Waals surface area contributed by atoms with Gasteiger partial charge in [-0.15, -0.1) is 0 Å². The third-order valence-corrected chi connectivity index (χ3v) is 6.42. The molecule has 0 saturated carbocycles. The number of hydrogen-bond acceptors (Lipinski definition) is 3. The molecule has 0 atom stereocenters. The standard InChI is InChI=1S/C28H39N5/c1-8-16-32-24-14-13-20(18-22(24)31-25(32)27(2,3)4)19-28(5,6)26-30-21-11-9-10-12-23(21)33(26)17-15-29-7/h9-14,18,29H,8,15-17,19H2,1-7H3. The van der Waals surface area contributed by atoms with Crippen LogP contribution < -0.4 is 5.32 Å². The molecular formula is C28H39N5. The molecule has 4 aromatic rings. The fourth-order valence-electron chi connectivity index (χ4n) is 4.94. The topological polar surface area (TPSA) is 47.7 Å². The number of nitrogens with zero attached hydrogens (tertiary/aromatic N) is 4. The molecule has 0 radical (unpaired) electrons. The molecule has 2 heterocycles. The molecular weight excluding hydrogens is 406 g/mol. The number of aromatic nitrogens is 4. The van der Waals surface area contributed by atoms with Gasteiger partial charge in [-0.25, -0.2) is 9.97 Å². The number of likely N-dealkylation sites (N-methyl/N-ethyl adjacent to an activating group) is 1. The lowest BCUT2D eigenvalue weighted by Crippen LogP contribution is -2.27. The van der Waals surface area contributed by atoms with E-state index in [9.17, 15) is 0 Å². The SMILES string of the molecule is CCCn1c(C(C)(C)C)nc2cc(CC(C)(C)c3nc4ccccc4n3CCNC)ccc21. The highest BCUT2D eigenvalue weighted by molar-refractivity contribution is 5.78. The van der Waals surface area contributed by atoms with Crippen LogP contribution in [0.4, 0.5) is 0 Å². The quantitative estimate of drug-likeness (QED) is 0.371. The Morgan fingerprint density at radius 1 is 0.818 bits per heavy atom. The van der Waals surface area contributed by atoms with Gasteiger partial charge >= 0.3 is 0 Å². The smallest absolute Gasteiger partial charge is 0.115 e. The van der Waals surface area contributed by atoms with Crippen molar-refractivity contribution >= 4 is 22.1 Å². The normalized spacial score (nSPS) is 12.8. The minimum Gasteiger partial charge on any atom is -0.328 e. The zero-order valence-corrected chi connectivity index (χ0v) is 21.4. The number of benzene rings is 2. The predicted molar refractivity (Wildman–Crippen MR) is 139 cm³/mol. The van der Waals surface area contributed by atoms with E-state index in [0.29, 0.717) is 0 Å². The van der Waals surface area contributed by atoms with E-state index in [1.807, 2.05) is 7.05 Å². The van der Waals surface area contributed by atoms with E-state index in [-0.39, 0.29) is 10.8 Å². The van der Waals surface area contributed by atoms with E-state index >= 15 is 0 Å². The predicted octanol–water partition coefficient (Wildman–Crippen LogP) is 5.83. The molecule has 4 rings (SSSR count). The fraction of sp³-hybridized carbons (Fsp3) is 0.500. The maximum Gasteiger partial charge on any atom is 0.115 e. The summed E-state index contributed by atoms with van der Waals surface area (Å²) in [7, 11) is 2.00. The summed E-state index contributed by atoms with van der Waals surface area (Å²) in [6.07, 6.45) is 2.02. The van der Waals surface area contributed by atoms with Crippen molar-refractivity contribution in [3.05, 3.63) is 59.7 Å². The van der Waals surface area contributed by atoms with Crippen LogP contribution in [0, 0.1) is 0 Å². The van der Waals surface area contributed by atoms with Crippen LogP contribution in [0.2, 0.25) is 0 Å². The largest absolute Gasteiger partial charge is 0.328 e. The summed E-state index contributed by atoms with van der Waals surface area (Å²) in [6.45, 7) is 16.4. The first-order valence-corrected chi connectivity index (χ1v) is 12.3. The van der Waals surface area contributed by atoms with Gasteiger partial charge in [0.2, 0.25) is 0 Å². The molecule has 5 heteroatoms. The third-order valence-electron chi connectivity index (χ3n) is 6.42. The lowest BCUT2D eigenvalue weighted by Gasteiger charge is -2.26. The van der Waals surface area contributed by atoms with Crippen LogP contribution in [0.25, 0.3) is 22.1 Å². The van der Waals surface area contributed by atoms with Gasteiger partial charge < -0.3 is 14.5 Å². The van der Waals surface area contributed by atoms with Crippen LogP contribution in [0.5, 0.6) is 0 Å². The Hall–Kier alpha value is -2.66. The van der Waals surface area contributed by atoms with E-state index < -0.39 is 0 Å². The van der Waals surface area contributed by atoms with E-state index in [0.717, 1.165) is 49.3 Å². The number of imidazole rings is 2. The minimum absolute atomic E-state index is 0.0196. The zero-order valence-electron chi connectivity index (χ0n) is 21.4. The second kappa shape index (κ2) is 8.94. The second-order valence-corrected chi connectivity index (χ2v) is 10.9. The molecule has 1 N–H and O–H groups in total. The zero-order chi connectivity index (χ0) is 23.8. The summed E-state index contributed by atoms with van der Waals surface area (Å²) in [4.78, 5) is 10.2. The molecule has 0 aliphatic heterocycles. The molecule has 0 saturated heterocycles. The van der Waals surface area contributed by atoms with Crippen molar-refractivity contribution < 1.29 is 0 Å². The summed E-state index contributed by atoms with van der Waals surface area (Å²) in [6, 6.07) is 15.3. The van der Waals surface area contributed by atoms with E-state index in [1.54, 1.807) is 0 Å². The summed E-state index contributed by atoms with van der Waals surface area (Å²) in [5, 5.41) is 3.29. The average molecular weight is 446 g/mol. The second-order valence-electron chi connectivity index (χ2n) is 10.9. The summed E-state index contributed by atoms with van der Waals surface area (Å²) in [5.74, 6) is 2.32. The van der Waals surface area contributed by atoms with Gasteiger partial charge in [0.1, 0.15) is 11.6 Å². The van der Waals surface area contributed by atoms with E-state index in [2.05, 4.69) is 98.5 Å². The van der Waals surface area contributed by atoms with Gasteiger partial charge in [0.15, 0.2) is 0 Å². The number of nitrogens with one attached hydrogen (secondary N) is 1. The maximum atomic E-state index is 5.09. The third kappa shape index (κ3) is 4.56. The fourth-order valence-corrected chi connectivity index (χ4v) is 4.94. The lowest BCUT2D eigenvalue weighted by atomic mass is 9.84. The number of fused-ring (bicyclic) bond motifs is 2. The van der Waals surface area contributed by atoms with Crippen molar-refractivity contribution in [1.29, 1.82) is 0 Å². The molecule has 0 amide bonds. The number of para-hydroxylation sites is 2. The highest BCUT2D eigenvalue weighted by Gasteiger charge is 2.29. The molecule has 0 spiro atoms. The van der Waals surface area contributed by atoms with Gasteiger partial charge in [0.25, 0.3) is 0 Å². The highest BCUT2D eigenvalue weighted by Crippen LogP contribution is 2.32. The Labute approximate surface area is 198 Å². The van der Waals surface area contributed by atoms with Gasteiger partial charge in [0, 0.05) is 30.5 Å². The molecule has 0 unspecified atom stereocenters. The number of hydrogen-bond donors (Lipinski definition) is 1. The Bertz CT molecular complexity index is 1250. The van der Waals surface area contributed by atoms with Crippen LogP contribution in [0.3, 0.4) is 0 Å². The molecule has 2 aromatic carbocycles. The molecule has 2 aromatic heterocycles. The van der Waals surface area contributed by atoms with Crippen molar-refractivity contribution in [2.24, 2.45) is 0 Å². The first kappa shape index (κ1) is 23.5. The highest BCUT2D eigenvalue weighted by atomic mass is 15.1. The van der Waals surface area contributed by atoms with Crippen LogP contribution in [-0.4, -0.2) is 32.7 Å². The average Bonchev–Trinajstić information content (AvgIpc) is 3.31. The molecule has 0 aliphatic carbocycles. The van der Waals surface area contributed by atoms with E-state index in [1.165, 1.54) is 22.4 Å². The van der Waals surface area contributed by atoms with Gasteiger partial charge in [-0.05, 0) is 49.7 Å². The monoisotopic (exact) mass is 445 g/mol. The van der Waals surface area contributed by atoms with Crippen LogP contribution in [0.1, 0.15) is 65.2 Å². The minimum atomic E-state index is -0.112. The number of aryl methyl sites for hydroxylation is 1. The summed E-state index contributed by atoms with van der Waals surface area (Å²) in [5.41, 5.74) is 5.83. The summed E-state index contributed by atoms with van der Waals surface area (Å²) < 4.78 is 4.79. The molecule has 0 bridgehead atoms. The van der Waals surface area contributed by atoms with Gasteiger partial charge in [0.05, 0.1) is 22.1 Å². The van der Waals surface area contributed by atoms with Gasteiger partial charge in [-0.2, -0.15) is 0 Å². The number of rotatable bonds is 8. The van der Waals surface area contributed by atoms with Crippen molar-refractivity contribution in [3.8, 4) is 0 Å². The van der Waals surface area contributed by atoms with Crippen LogP contribution in [0.15, 0.2) is 42.5 Å². The molecule has 0 fully saturated rings. The van der Waals surface area contributed by atoms with Gasteiger partial charge in [-0.3, -0.25) is 0 Å². The van der Waals surface area contributed by atoms with Crippen molar-refractivity contribution in [3.63, 3.8) is 0 Å². The Morgan fingerprint density at radius 2 is 1.48 bits per heavy atom. The maximum absolute atomic E-state index is 5.09. The lowest BCUT2D eigenvalue weighted by molar-refractivity contribution is 0.456. The Morgan fingerprint density at radius 3 is 2.18 bits per heavy atom.